The molecule has 31 heavy (non-hydrogen) atoms. The molecule has 0 saturated carbocycles. The van der Waals surface area contributed by atoms with Crippen molar-refractivity contribution < 1.29 is 9.59 Å². The normalized spacial score (nSPS) is 13.6. The molecule has 6 nitrogen and oxygen atoms in total. The van der Waals surface area contributed by atoms with Crippen LogP contribution in [0.5, 0.6) is 0 Å². The van der Waals surface area contributed by atoms with E-state index in [1.165, 1.54) is 0 Å². The second-order valence-electron chi connectivity index (χ2n) is 7.50. The zero-order chi connectivity index (χ0) is 22.4. The first-order valence-electron chi connectivity index (χ1n) is 10.4. The fourth-order valence-corrected chi connectivity index (χ4v) is 3.98. The van der Waals surface area contributed by atoms with E-state index in [1.807, 2.05) is 49.1 Å². The summed E-state index contributed by atoms with van der Waals surface area (Å²) in [5.74, 6) is -0.0565. The van der Waals surface area contributed by atoms with Crippen LogP contribution in [0.3, 0.4) is 0 Å². The molecule has 1 aliphatic rings. The van der Waals surface area contributed by atoms with Gasteiger partial charge in [-0.1, -0.05) is 36.7 Å². The number of thiocarbonyl (C=S) groups is 1. The maximum Gasteiger partial charge on any atom is 0.257 e. The van der Waals surface area contributed by atoms with E-state index >= 15 is 0 Å². The first-order chi connectivity index (χ1) is 14.9. The van der Waals surface area contributed by atoms with E-state index in [-0.39, 0.29) is 16.9 Å². The number of nitrogens with zero attached hydrogens (tertiary/aromatic N) is 2. The van der Waals surface area contributed by atoms with Gasteiger partial charge in [0.2, 0.25) is 5.91 Å². The van der Waals surface area contributed by atoms with E-state index in [4.69, 9.17) is 23.8 Å². The molecule has 0 atom stereocenters. The van der Waals surface area contributed by atoms with E-state index in [9.17, 15) is 9.59 Å². The molecule has 8 heteroatoms. The second-order valence-corrected chi connectivity index (χ2v) is 8.35. The van der Waals surface area contributed by atoms with Crippen LogP contribution in [0, 0.1) is 6.92 Å². The van der Waals surface area contributed by atoms with Gasteiger partial charge in [-0.15, -0.1) is 0 Å². The van der Waals surface area contributed by atoms with Crippen LogP contribution in [0.4, 0.5) is 11.4 Å². The Balaban J connectivity index is 1.68. The van der Waals surface area contributed by atoms with Crippen molar-refractivity contribution >= 4 is 52.1 Å². The second kappa shape index (κ2) is 10.6. The van der Waals surface area contributed by atoms with Crippen LogP contribution in [-0.2, 0) is 4.79 Å². The van der Waals surface area contributed by atoms with Gasteiger partial charge in [-0.2, -0.15) is 0 Å². The molecule has 0 bridgehead atoms. The Morgan fingerprint density at radius 1 is 1.10 bits per heavy atom. The summed E-state index contributed by atoms with van der Waals surface area (Å²) in [6.45, 7) is 6.68. The minimum absolute atomic E-state index is 0.202. The van der Waals surface area contributed by atoms with Crippen LogP contribution in [0.2, 0.25) is 5.02 Å². The third-order valence-electron chi connectivity index (χ3n) is 5.26. The highest BCUT2D eigenvalue weighted by atomic mass is 35.5. The molecule has 0 unspecified atom stereocenters. The fourth-order valence-electron chi connectivity index (χ4n) is 3.60. The van der Waals surface area contributed by atoms with E-state index in [0.29, 0.717) is 43.2 Å². The van der Waals surface area contributed by atoms with E-state index < -0.39 is 0 Å². The van der Waals surface area contributed by atoms with Gasteiger partial charge in [0.15, 0.2) is 5.11 Å². The zero-order valence-electron chi connectivity index (χ0n) is 17.8. The first kappa shape index (κ1) is 23.0. The Hall–Kier alpha value is -2.64. The Morgan fingerprint density at radius 3 is 2.48 bits per heavy atom. The standard InChI is InChI=1S/C23H27ClN4O2S/c1-3-6-21(29)28-13-11-27(12-14-28)20-10-9-17(24)15-19(20)25-23(31)26-22(30)18-8-5-4-7-16(18)2/h4-5,7-10,15H,3,6,11-14H2,1-2H3,(H2,25,26,30,31). The number of piperazine rings is 1. The van der Waals surface area contributed by atoms with Gasteiger partial charge in [-0.25, -0.2) is 0 Å². The van der Waals surface area contributed by atoms with Gasteiger partial charge in [0.05, 0.1) is 11.4 Å². The highest BCUT2D eigenvalue weighted by Gasteiger charge is 2.22. The number of rotatable bonds is 5. The number of carbonyl (C=O) groups is 2. The zero-order valence-corrected chi connectivity index (χ0v) is 19.4. The Kier molecular flexibility index (Phi) is 7.87. The first-order valence-corrected chi connectivity index (χ1v) is 11.2. The third kappa shape index (κ3) is 5.95. The molecule has 2 N–H and O–H groups in total. The fraction of sp³-hybridized carbons (Fsp3) is 0.348. The van der Waals surface area contributed by atoms with Gasteiger partial charge in [-0.05, 0) is 55.4 Å². The molecule has 3 rings (SSSR count). The summed E-state index contributed by atoms with van der Waals surface area (Å²) in [7, 11) is 0. The van der Waals surface area contributed by atoms with Crippen molar-refractivity contribution in [2.24, 2.45) is 0 Å². The molecule has 2 aromatic carbocycles. The molecule has 0 aliphatic carbocycles. The van der Waals surface area contributed by atoms with Crippen LogP contribution in [0.25, 0.3) is 0 Å². The van der Waals surface area contributed by atoms with Crippen LogP contribution < -0.4 is 15.5 Å². The summed E-state index contributed by atoms with van der Waals surface area (Å²) >= 11 is 11.6. The maximum atomic E-state index is 12.6. The molecule has 1 aliphatic heterocycles. The predicted molar refractivity (Wildman–Crippen MR) is 130 cm³/mol. The summed E-state index contributed by atoms with van der Waals surface area (Å²) in [6, 6.07) is 12.9. The molecule has 0 spiro atoms. The molecule has 1 saturated heterocycles. The number of hydrogen-bond donors (Lipinski definition) is 2. The number of benzene rings is 2. The van der Waals surface area contributed by atoms with Crippen molar-refractivity contribution in [2.75, 3.05) is 36.4 Å². The number of halogens is 1. The summed E-state index contributed by atoms with van der Waals surface area (Å²) < 4.78 is 0. The minimum Gasteiger partial charge on any atom is -0.366 e. The molecular weight excluding hydrogens is 432 g/mol. The topological polar surface area (TPSA) is 64.7 Å². The number of hydrogen-bond acceptors (Lipinski definition) is 4. The number of carbonyl (C=O) groups excluding carboxylic acids is 2. The Labute approximate surface area is 193 Å². The molecular formula is C23H27ClN4O2S. The highest BCUT2D eigenvalue weighted by molar-refractivity contribution is 7.80. The molecule has 164 valence electrons. The largest absolute Gasteiger partial charge is 0.366 e. The van der Waals surface area contributed by atoms with Gasteiger partial charge in [0.25, 0.3) is 5.91 Å². The number of anilines is 2. The summed E-state index contributed by atoms with van der Waals surface area (Å²) in [5, 5.41) is 6.62. The molecule has 1 fully saturated rings. The van der Waals surface area contributed by atoms with Crippen molar-refractivity contribution in [3.63, 3.8) is 0 Å². The lowest BCUT2D eigenvalue weighted by atomic mass is 10.1. The monoisotopic (exact) mass is 458 g/mol. The minimum atomic E-state index is -0.262. The van der Waals surface area contributed by atoms with E-state index in [1.54, 1.807) is 12.1 Å². The lowest BCUT2D eigenvalue weighted by Gasteiger charge is -2.37. The van der Waals surface area contributed by atoms with Crippen molar-refractivity contribution in [2.45, 2.75) is 26.7 Å². The molecule has 2 aromatic rings. The van der Waals surface area contributed by atoms with Gasteiger partial charge < -0.3 is 15.1 Å². The van der Waals surface area contributed by atoms with Crippen LogP contribution in [0.1, 0.15) is 35.7 Å². The lowest BCUT2D eigenvalue weighted by molar-refractivity contribution is -0.131. The van der Waals surface area contributed by atoms with Gasteiger partial charge >= 0.3 is 0 Å². The Bertz CT molecular complexity index is 974. The predicted octanol–water partition coefficient (Wildman–Crippen LogP) is 4.22. The van der Waals surface area contributed by atoms with E-state index in [0.717, 1.165) is 23.4 Å². The SMILES string of the molecule is CCCC(=O)N1CCN(c2ccc(Cl)cc2NC(=S)NC(=O)c2ccccc2C)CC1. The molecule has 0 radical (unpaired) electrons. The average Bonchev–Trinajstić information content (AvgIpc) is 2.74. The van der Waals surface area contributed by atoms with Crippen LogP contribution in [0.15, 0.2) is 42.5 Å². The van der Waals surface area contributed by atoms with Crippen molar-refractivity contribution in [3.05, 3.63) is 58.6 Å². The van der Waals surface area contributed by atoms with Crippen LogP contribution in [-0.4, -0.2) is 48.0 Å². The average molecular weight is 459 g/mol. The summed E-state index contributed by atoms with van der Waals surface area (Å²) in [5.41, 5.74) is 3.10. The smallest absolute Gasteiger partial charge is 0.257 e. The molecule has 2 amide bonds. The van der Waals surface area contributed by atoms with Gasteiger partial charge in [-0.3, -0.25) is 14.9 Å². The number of amides is 2. The quantitative estimate of drug-likeness (QED) is 0.656. The summed E-state index contributed by atoms with van der Waals surface area (Å²) in [4.78, 5) is 28.8. The van der Waals surface area contributed by atoms with Crippen molar-refractivity contribution in [1.29, 1.82) is 0 Å². The molecule has 1 heterocycles. The van der Waals surface area contributed by atoms with Crippen molar-refractivity contribution in [1.82, 2.24) is 10.2 Å². The number of aryl methyl sites for hydroxylation is 1. The van der Waals surface area contributed by atoms with Crippen molar-refractivity contribution in [3.8, 4) is 0 Å². The van der Waals surface area contributed by atoms with Gasteiger partial charge in [0.1, 0.15) is 0 Å². The number of nitrogens with one attached hydrogen (secondary N) is 2. The summed E-state index contributed by atoms with van der Waals surface area (Å²) in [6.07, 6.45) is 1.44. The van der Waals surface area contributed by atoms with Crippen LogP contribution >= 0.6 is 23.8 Å². The third-order valence-corrected chi connectivity index (χ3v) is 5.70. The maximum absolute atomic E-state index is 12.6. The van der Waals surface area contributed by atoms with Gasteiger partial charge in [0, 0.05) is 43.2 Å². The highest BCUT2D eigenvalue weighted by Crippen LogP contribution is 2.30. The van der Waals surface area contributed by atoms with E-state index in [2.05, 4.69) is 15.5 Å². The Morgan fingerprint density at radius 2 is 1.81 bits per heavy atom. The molecule has 0 aromatic heterocycles. The lowest BCUT2D eigenvalue weighted by Crippen LogP contribution is -2.49.